The molecule has 5 heteroatoms. The molecule has 5 nitrogen and oxygen atoms in total. The third kappa shape index (κ3) is 5.14. The van der Waals surface area contributed by atoms with Gasteiger partial charge in [0.1, 0.15) is 18.3 Å². The van der Waals surface area contributed by atoms with Crippen LogP contribution < -0.4 is 0 Å². The Bertz CT molecular complexity index is 800. The van der Waals surface area contributed by atoms with Gasteiger partial charge in [-0.05, 0) is 117 Å². The first kappa shape index (κ1) is 29.3. The van der Waals surface area contributed by atoms with Crippen LogP contribution in [0, 0.1) is 52.3 Å². The van der Waals surface area contributed by atoms with Gasteiger partial charge in [-0.25, -0.2) is 0 Å². The van der Waals surface area contributed by atoms with Crippen LogP contribution in [0.2, 0.25) is 0 Å². The van der Waals surface area contributed by atoms with E-state index in [0.29, 0.717) is 16.7 Å². The minimum atomic E-state index is -1.10. The Kier molecular flexibility index (Phi) is 8.66. The Labute approximate surface area is 232 Å². The van der Waals surface area contributed by atoms with E-state index in [-0.39, 0.29) is 6.10 Å². The lowest BCUT2D eigenvalue weighted by Crippen LogP contribution is -2.54. The van der Waals surface area contributed by atoms with Crippen molar-refractivity contribution < 1.29 is 24.8 Å². The molecule has 5 aliphatic rings. The van der Waals surface area contributed by atoms with Crippen molar-refractivity contribution in [3.8, 4) is 0 Å². The molecule has 5 rings (SSSR count). The maximum Gasteiger partial charge on any atom is 0.186 e. The second kappa shape index (κ2) is 11.2. The molecule has 4 saturated carbocycles. The van der Waals surface area contributed by atoms with Gasteiger partial charge in [0, 0.05) is 0 Å². The van der Waals surface area contributed by atoms with E-state index in [2.05, 4.69) is 34.6 Å². The first-order chi connectivity index (χ1) is 18.0. The van der Waals surface area contributed by atoms with E-state index in [1.165, 1.54) is 64.2 Å². The van der Waals surface area contributed by atoms with Crippen LogP contribution in [0.15, 0.2) is 0 Å². The fourth-order valence-corrected chi connectivity index (χ4v) is 10.7. The Morgan fingerprint density at radius 1 is 0.842 bits per heavy atom. The van der Waals surface area contributed by atoms with Crippen LogP contribution in [-0.4, -0.2) is 52.1 Å². The zero-order valence-electron chi connectivity index (χ0n) is 25.1. The summed E-state index contributed by atoms with van der Waals surface area (Å²) < 4.78 is 12.0. The number of ether oxygens (including phenoxy) is 2. The van der Waals surface area contributed by atoms with E-state index in [9.17, 15) is 15.3 Å². The lowest BCUT2D eigenvalue weighted by molar-refractivity contribution is -0.219. The maximum atomic E-state index is 10.5. The number of aliphatic hydroxyl groups is 3. The summed E-state index contributed by atoms with van der Waals surface area (Å²) in [6.45, 7) is 14.2. The molecular formula is C33H58O5. The quantitative estimate of drug-likeness (QED) is 0.340. The third-order valence-electron chi connectivity index (χ3n) is 12.9. The third-order valence-corrected chi connectivity index (χ3v) is 12.9. The van der Waals surface area contributed by atoms with Gasteiger partial charge in [-0.2, -0.15) is 0 Å². The molecule has 38 heavy (non-hydrogen) atoms. The molecule has 0 bridgehead atoms. The fraction of sp³-hybridized carbons (Fsp3) is 1.00. The summed E-state index contributed by atoms with van der Waals surface area (Å²) in [6, 6.07) is 0. The molecular weight excluding hydrogens is 476 g/mol. The highest BCUT2D eigenvalue weighted by Crippen LogP contribution is 2.68. The van der Waals surface area contributed by atoms with Crippen LogP contribution in [0.1, 0.15) is 119 Å². The van der Waals surface area contributed by atoms with E-state index < -0.39 is 30.7 Å². The smallest absolute Gasteiger partial charge is 0.186 e. The van der Waals surface area contributed by atoms with Gasteiger partial charge < -0.3 is 24.8 Å². The predicted octanol–water partition coefficient (Wildman–Crippen LogP) is 6.32. The summed E-state index contributed by atoms with van der Waals surface area (Å²) >= 11 is 0. The van der Waals surface area contributed by atoms with Crippen LogP contribution in [-0.2, 0) is 9.47 Å². The highest BCUT2D eigenvalue weighted by Gasteiger charge is 2.61. The summed E-state index contributed by atoms with van der Waals surface area (Å²) in [4.78, 5) is 0. The average molecular weight is 535 g/mol. The Hall–Kier alpha value is -0.200. The van der Waals surface area contributed by atoms with Crippen molar-refractivity contribution in [2.24, 2.45) is 52.3 Å². The van der Waals surface area contributed by atoms with Gasteiger partial charge in [0.15, 0.2) is 6.29 Å². The lowest BCUT2D eigenvalue weighted by atomic mass is 9.44. The van der Waals surface area contributed by atoms with Gasteiger partial charge in [0.05, 0.1) is 12.2 Å². The van der Waals surface area contributed by atoms with Gasteiger partial charge in [-0.1, -0.05) is 53.9 Å². The van der Waals surface area contributed by atoms with E-state index in [0.717, 1.165) is 48.3 Å². The molecule has 0 aromatic carbocycles. The molecule has 220 valence electrons. The molecule has 14 atom stereocenters. The first-order valence-electron chi connectivity index (χ1n) is 16.3. The van der Waals surface area contributed by atoms with Crippen LogP contribution in [0.25, 0.3) is 0 Å². The summed E-state index contributed by atoms with van der Waals surface area (Å²) in [5.41, 5.74) is 0.932. The van der Waals surface area contributed by atoms with Crippen LogP contribution in [0.5, 0.6) is 0 Å². The average Bonchev–Trinajstić information content (AvgIpc) is 3.35. The van der Waals surface area contributed by atoms with E-state index in [1.54, 1.807) is 6.92 Å². The topological polar surface area (TPSA) is 79.2 Å². The van der Waals surface area contributed by atoms with Crippen molar-refractivity contribution in [3.63, 3.8) is 0 Å². The Balaban J connectivity index is 1.20. The van der Waals surface area contributed by atoms with Crippen molar-refractivity contribution in [3.05, 3.63) is 0 Å². The molecule has 1 heterocycles. The Morgan fingerprint density at radius 2 is 1.55 bits per heavy atom. The summed E-state index contributed by atoms with van der Waals surface area (Å²) in [7, 11) is 0. The van der Waals surface area contributed by atoms with E-state index in [1.807, 2.05) is 0 Å². The van der Waals surface area contributed by atoms with Gasteiger partial charge in [0.25, 0.3) is 0 Å². The van der Waals surface area contributed by atoms with Crippen molar-refractivity contribution in [2.45, 2.75) is 155 Å². The largest absolute Gasteiger partial charge is 0.391 e. The van der Waals surface area contributed by atoms with Gasteiger partial charge >= 0.3 is 0 Å². The van der Waals surface area contributed by atoms with Gasteiger partial charge in [-0.15, -0.1) is 0 Å². The molecule has 1 aliphatic heterocycles. The Morgan fingerprint density at radius 3 is 2.24 bits per heavy atom. The first-order valence-corrected chi connectivity index (χ1v) is 16.3. The standard InChI is InChI=1S/C33H58O5/c1-19(2)8-7-9-20(3)25-12-13-26-24-11-10-22-18-23(37-31-29(36)28(35)30(38-31)21(4)34)14-16-32(22,5)27(24)15-17-33(25,26)6/h19-31,34-36H,7-18H2,1-6H3/t20-,21+,22+,23+,24+,25-,26+,27+,28+,29+,30-,31+,32+,33-/m1/s1. The SMILES string of the molecule is CC(C)CCC[C@@H](C)[C@H]1CC[C@H]2[C@@H]3CC[C@H]4C[C@@H](O[C@H]5O[C@H]([C@H](C)O)[C@@H](O)[C@@H]5O)CC[C@]4(C)[C@H]3CC[C@]12C. The highest BCUT2D eigenvalue weighted by molar-refractivity contribution is 5.10. The number of aliphatic hydroxyl groups excluding tert-OH is 3. The number of hydrogen-bond acceptors (Lipinski definition) is 5. The zero-order chi connectivity index (χ0) is 27.4. The molecule has 0 aromatic heterocycles. The summed E-state index contributed by atoms with van der Waals surface area (Å²) in [5.74, 6) is 5.90. The predicted molar refractivity (Wildman–Crippen MR) is 150 cm³/mol. The lowest BCUT2D eigenvalue weighted by Gasteiger charge is -2.61. The molecule has 0 amide bonds. The summed E-state index contributed by atoms with van der Waals surface area (Å²) in [6.07, 6.45) is 11.2. The molecule has 3 N–H and O–H groups in total. The van der Waals surface area contributed by atoms with Crippen LogP contribution in [0.4, 0.5) is 0 Å². The second-order valence-electron chi connectivity index (χ2n) is 15.4. The van der Waals surface area contributed by atoms with E-state index >= 15 is 0 Å². The van der Waals surface area contributed by atoms with Gasteiger partial charge in [-0.3, -0.25) is 0 Å². The highest BCUT2D eigenvalue weighted by atomic mass is 16.7. The monoisotopic (exact) mass is 534 g/mol. The van der Waals surface area contributed by atoms with Crippen molar-refractivity contribution in [1.29, 1.82) is 0 Å². The van der Waals surface area contributed by atoms with Gasteiger partial charge in [0.2, 0.25) is 0 Å². The molecule has 4 aliphatic carbocycles. The normalized spacial score (nSPS) is 50.4. The summed E-state index contributed by atoms with van der Waals surface area (Å²) in [5, 5.41) is 30.7. The molecule has 5 fully saturated rings. The minimum Gasteiger partial charge on any atom is -0.391 e. The minimum absolute atomic E-state index is 0.0561. The number of fused-ring (bicyclic) bond motifs is 5. The fourth-order valence-electron chi connectivity index (χ4n) is 10.7. The molecule has 0 radical (unpaired) electrons. The number of rotatable bonds is 8. The molecule has 0 aromatic rings. The van der Waals surface area contributed by atoms with E-state index in [4.69, 9.17) is 9.47 Å². The second-order valence-corrected chi connectivity index (χ2v) is 15.4. The maximum absolute atomic E-state index is 10.5. The molecule has 1 saturated heterocycles. The molecule has 0 spiro atoms. The molecule has 0 unspecified atom stereocenters. The van der Waals surface area contributed by atoms with Crippen molar-refractivity contribution in [2.75, 3.05) is 0 Å². The number of hydrogen-bond donors (Lipinski definition) is 3. The van der Waals surface area contributed by atoms with Crippen LogP contribution in [0.3, 0.4) is 0 Å². The zero-order valence-corrected chi connectivity index (χ0v) is 25.1. The van der Waals surface area contributed by atoms with Crippen molar-refractivity contribution >= 4 is 0 Å². The van der Waals surface area contributed by atoms with Crippen molar-refractivity contribution in [1.82, 2.24) is 0 Å². The van der Waals surface area contributed by atoms with Crippen LogP contribution >= 0.6 is 0 Å².